The van der Waals surface area contributed by atoms with Crippen LogP contribution < -0.4 is 5.73 Å². The first-order valence-corrected chi connectivity index (χ1v) is 7.22. The largest absolute Gasteiger partial charge is 0.369 e. The molecule has 106 valence electrons. The Morgan fingerprint density at radius 2 is 2.20 bits per heavy atom. The molecule has 0 saturated heterocycles. The van der Waals surface area contributed by atoms with Crippen LogP contribution >= 0.6 is 23.2 Å². The van der Waals surface area contributed by atoms with E-state index in [1.54, 1.807) is 6.33 Å². The van der Waals surface area contributed by atoms with E-state index in [2.05, 4.69) is 9.97 Å². The third kappa shape index (κ3) is 2.05. The molecule has 1 saturated carbocycles. The number of carbonyl (C=O) groups is 1. The molecule has 3 rings (SSSR count). The number of hydrogen-bond donors (Lipinski definition) is 1. The molecule has 20 heavy (non-hydrogen) atoms. The van der Waals surface area contributed by atoms with Crippen LogP contribution in [0.4, 0.5) is 0 Å². The zero-order valence-corrected chi connectivity index (χ0v) is 12.4. The topological polar surface area (TPSA) is 73.8 Å². The van der Waals surface area contributed by atoms with Crippen LogP contribution in [-0.4, -0.2) is 20.4 Å². The van der Waals surface area contributed by atoms with E-state index in [4.69, 9.17) is 28.9 Å². The van der Waals surface area contributed by atoms with E-state index in [0.29, 0.717) is 27.8 Å². The normalized spacial score (nSPS) is 22.6. The number of amides is 1. The van der Waals surface area contributed by atoms with Crippen molar-refractivity contribution < 1.29 is 4.79 Å². The summed E-state index contributed by atoms with van der Waals surface area (Å²) in [4.78, 5) is 20.0. The molecule has 2 aromatic rings. The highest BCUT2D eigenvalue weighted by molar-refractivity contribution is 6.38. The van der Waals surface area contributed by atoms with Crippen LogP contribution in [0.15, 0.2) is 6.33 Å². The molecule has 0 aliphatic heterocycles. The van der Waals surface area contributed by atoms with E-state index in [1.165, 1.54) is 0 Å². The summed E-state index contributed by atoms with van der Waals surface area (Å²) in [6.07, 6.45) is 4.11. The molecule has 2 N–H and O–H groups in total. The average molecular weight is 313 g/mol. The summed E-state index contributed by atoms with van der Waals surface area (Å²) < 4.78 is 1.95. The molecule has 7 heteroatoms. The van der Waals surface area contributed by atoms with E-state index >= 15 is 0 Å². The summed E-state index contributed by atoms with van der Waals surface area (Å²) in [5.74, 6) is -0.314. The fraction of sp³-hybridized carbons (Fsp3) is 0.462. The number of fused-ring (bicyclic) bond motifs is 1. The molecule has 0 bridgehead atoms. The van der Waals surface area contributed by atoms with Crippen LogP contribution in [0, 0.1) is 12.8 Å². The molecule has 0 radical (unpaired) electrons. The lowest BCUT2D eigenvalue weighted by Gasteiger charge is -2.13. The molecule has 2 unspecified atom stereocenters. The van der Waals surface area contributed by atoms with Crippen LogP contribution in [0.1, 0.15) is 30.9 Å². The molecule has 2 atom stereocenters. The fourth-order valence-corrected chi connectivity index (χ4v) is 3.25. The Morgan fingerprint density at radius 1 is 1.45 bits per heavy atom. The highest BCUT2D eigenvalue weighted by Gasteiger charge is 2.30. The van der Waals surface area contributed by atoms with Crippen molar-refractivity contribution in [2.75, 3.05) is 0 Å². The Kier molecular flexibility index (Phi) is 3.34. The van der Waals surface area contributed by atoms with Gasteiger partial charge in [-0.05, 0) is 26.2 Å². The zero-order chi connectivity index (χ0) is 14.4. The minimum Gasteiger partial charge on any atom is -0.369 e. The molecular weight excluding hydrogens is 299 g/mol. The molecule has 1 fully saturated rings. The minimum atomic E-state index is -0.239. The third-order valence-corrected chi connectivity index (χ3v) is 4.85. The smallest absolute Gasteiger partial charge is 0.220 e. The number of nitrogens with two attached hydrogens (primary N) is 1. The van der Waals surface area contributed by atoms with Crippen LogP contribution in [0.5, 0.6) is 0 Å². The van der Waals surface area contributed by atoms with Gasteiger partial charge in [0, 0.05) is 17.5 Å². The SMILES string of the molecule is Cc1c(Cl)nc2c(ncn2C2CCC(C(N)=O)C2)c1Cl. The summed E-state index contributed by atoms with van der Waals surface area (Å²) in [7, 11) is 0. The molecule has 1 aliphatic carbocycles. The molecule has 1 amide bonds. The quantitative estimate of drug-likeness (QED) is 0.866. The lowest BCUT2D eigenvalue weighted by molar-refractivity contribution is -0.121. The van der Waals surface area contributed by atoms with Gasteiger partial charge in [0.25, 0.3) is 0 Å². The van der Waals surface area contributed by atoms with Gasteiger partial charge in [-0.15, -0.1) is 0 Å². The molecule has 0 spiro atoms. The monoisotopic (exact) mass is 312 g/mol. The molecule has 5 nitrogen and oxygen atoms in total. The van der Waals surface area contributed by atoms with Gasteiger partial charge in [-0.25, -0.2) is 9.97 Å². The van der Waals surface area contributed by atoms with Gasteiger partial charge in [0.15, 0.2) is 5.65 Å². The molecule has 1 aliphatic rings. The van der Waals surface area contributed by atoms with E-state index in [-0.39, 0.29) is 17.9 Å². The maximum Gasteiger partial charge on any atom is 0.220 e. The second-order valence-corrected chi connectivity index (χ2v) is 5.97. The Labute approximate surface area is 126 Å². The van der Waals surface area contributed by atoms with Crippen LogP contribution in [0.3, 0.4) is 0 Å². The van der Waals surface area contributed by atoms with Gasteiger partial charge in [0.1, 0.15) is 10.7 Å². The number of rotatable bonds is 2. The van der Waals surface area contributed by atoms with Gasteiger partial charge in [-0.2, -0.15) is 0 Å². The van der Waals surface area contributed by atoms with Crippen molar-refractivity contribution in [3.63, 3.8) is 0 Å². The van der Waals surface area contributed by atoms with Crippen molar-refractivity contribution in [3.05, 3.63) is 22.1 Å². The summed E-state index contributed by atoms with van der Waals surface area (Å²) in [5.41, 5.74) is 7.42. The number of primary amides is 1. The highest BCUT2D eigenvalue weighted by atomic mass is 35.5. The zero-order valence-electron chi connectivity index (χ0n) is 10.9. The Morgan fingerprint density at radius 3 is 2.85 bits per heavy atom. The van der Waals surface area contributed by atoms with Crippen molar-refractivity contribution in [2.45, 2.75) is 32.2 Å². The summed E-state index contributed by atoms with van der Waals surface area (Å²) >= 11 is 12.4. The number of nitrogens with zero attached hydrogens (tertiary/aromatic N) is 3. The second kappa shape index (κ2) is 4.90. The number of halogens is 2. The van der Waals surface area contributed by atoms with Crippen molar-refractivity contribution in [1.82, 2.24) is 14.5 Å². The molecular formula is C13H14Cl2N4O. The van der Waals surface area contributed by atoms with Gasteiger partial charge in [0.2, 0.25) is 5.91 Å². The van der Waals surface area contributed by atoms with Gasteiger partial charge >= 0.3 is 0 Å². The van der Waals surface area contributed by atoms with Crippen molar-refractivity contribution in [3.8, 4) is 0 Å². The van der Waals surface area contributed by atoms with Crippen molar-refractivity contribution in [2.24, 2.45) is 11.7 Å². The first-order chi connectivity index (χ1) is 9.49. The van der Waals surface area contributed by atoms with E-state index in [1.807, 2.05) is 11.5 Å². The second-order valence-electron chi connectivity index (χ2n) is 5.23. The maximum absolute atomic E-state index is 11.3. The lowest BCUT2D eigenvalue weighted by Crippen LogP contribution is -2.21. The number of pyridine rings is 1. The average Bonchev–Trinajstić information content (AvgIpc) is 3.01. The first-order valence-electron chi connectivity index (χ1n) is 6.46. The van der Waals surface area contributed by atoms with Crippen molar-refractivity contribution in [1.29, 1.82) is 0 Å². The van der Waals surface area contributed by atoms with Crippen molar-refractivity contribution >= 4 is 40.3 Å². The van der Waals surface area contributed by atoms with Gasteiger partial charge in [-0.1, -0.05) is 23.2 Å². The maximum atomic E-state index is 11.3. The minimum absolute atomic E-state index is 0.0751. The standard InChI is InChI=1S/C13H14Cl2N4O/c1-6-9(14)10-13(18-11(6)15)19(5-17-10)8-3-2-7(4-8)12(16)20/h5,7-8H,2-4H2,1H3,(H2,16,20). The Balaban J connectivity index is 2.04. The van der Waals surface area contributed by atoms with Gasteiger partial charge in [0.05, 0.1) is 11.3 Å². The highest BCUT2D eigenvalue weighted by Crippen LogP contribution is 2.37. The fourth-order valence-electron chi connectivity index (χ4n) is 2.80. The Bertz CT molecular complexity index is 697. The summed E-state index contributed by atoms with van der Waals surface area (Å²) in [5, 5.41) is 0.914. The van der Waals surface area contributed by atoms with Crippen LogP contribution in [0.2, 0.25) is 10.2 Å². The predicted molar refractivity (Wildman–Crippen MR) is 77.9 cm³/mol. The van der Waals surface area contributed by atoms with E-state index in [0.717, 1.165) is 18.4 Å². The molecule has 2 aromatic heterocycles. The third-order valence-electron chi connectivity index (χ3n) is 4.02. The van der Waals surface area contributed by atoms with E-state index < -0.39 is 0 Å². The predicted octanol–water partition coefficient (Wildman–Crippen LogP) is 2.87. The summed E-state index contributed by atoms with van der Waals surface area (Å²) in [6, 6.07) is 0.167. The van der Waals surface area contributed by atoms with Crippen LogP contribution in [-0.2, 0) is 4.79 Å². The van der Waals surface area contributed by atoms with Crippen LogP contribution in [0.25, 0.3) is 11.2 Å². The number of hydrogen-bond acceptors (Lipinski definition) is 3. The van der Waals surface area contributed by atoms with E-state index in [9.17, 15) is 4.79 Å². The number of imidazole rings is 1. The van der Waals surface area contributed by atoms with Gasteiger partial charge < -0.3 is 10.3 Å². The summed E-state index contributed by atoms with van der Waals surface area (Å²) in [6.45, 7) is 1.81. The first kappa shape index (κ1) is 13.6. The Hall–Kier alpha value is -1.33. The lowest BCUT2D eigenvalue weighted by atomic mass is 10.1. The number of carbonyl (C=O) groups excluding carboxylic acids is 1. The van der Waals surface area contributed by atoms with Gasteiger partial charge in [-0.3, -0.25) is 4.79 Å². The number of aromatic nitrogens is 3. The molecule has 0 aromatic carbocycles. The molecule has 2 heterocycles.